The Balaban J connectivity index is 2.13. The molecular weight excluding hydrogens is 314 g/mol. The first-order valence-corrected chi connectivity index (χ1v) is 8.54. The maximum atomic E-state index is 12.2. The van der Waals surface area contributed by atoms with Crippen LogP contribution in [-0.2, 0) is 10.0 Å². The minimum atomic E-state index is -3.38. The molecule has 1 saturated carbocycles. The summed E-state index contributed by atoms with van der Waals surface area (Å²) in [6.07, 6.45) is 4.36. The van der Waals surface area contributed by atoms with Crippen molar-refractivity contribution in [3.8, 4) is 0 Å². The molecule has 0 heterocycles. The molecule has 0 saturated heterocycles. The fourth-order valence-corrected chi connectivity index (χ4v) is 4.02. The van der Waals surface area contributed by atoms with Crippen LogP contribution in [-0.4, -0.2) is 14.5 Å². The predicted molar refractivity (Wildman–Crippen MR) is 75.9 cm³/mol. The molecule has 18 heavy (non-hydrogen) atoms. The van der Waals surface area contributed by atoms with Gasteiger partial charge in [-0.25, -0.2) is 13.1 Å². The molecule has 1 aliphatic carbocycles. The van der Waals surface area contributed by atoms with E-state index in [9.17, 15) is 8.42 Å². The van der Waals surface area contributed by atoms with Crippen LogP contribution in [0, 0.1) is 5.92 Å². The van der Waals surface area contributed by atoms with E-state index in [2.05, 4.69) is 27.6 Å². The summed E-state index contributed by atoms with van der Waals surface area (Å²) < 4.78 is 28.2. The number of hydrogen-bond acceptors (Lipinski definition) is 2. The van der Waals surface area contributed by atoms with E-state index in [1.54, 1.807) is 24.3 Å². The molecule has 0 spiro atoms. The molecule has 100 valence electrons. The van der Waals surface area contributed by atoms with Crippen LogP contribution in [0.1, 0.15) is 32.6 Å². The fraction of sp³-hybridized carbons (Fsp3) is 0.538. The Kier molecular flexibility index (Phi) is 4.45. The third kappa shape index (κ3) is 3.33. The van der Waals surface area contributed by atoms with Gasteiger partial charge in [-0.3, -0.25) is 0 Å². The Bertz CT molecular complexity index is 498. The molecule has 5 heteroatoms. The van der Waals surface area contributed by atoms with Crippen LogP contribution in [0.5, 0.6) is 0 Å². The van der Waals surface area contributed by atoms with Gasteiger partial charge in [0.05, 0.1) is 4.90 Å². The van der Waals surface area contributed by atoms with Gasteiger partial charge in [0.1, 0.15) is 0 Å². The molecule has 1 aromatic rings. The molecule has 0 amide bonds. The second kappa shape index (κ2) is 5.72. The van der Waals surface area contributed by atoms with Crippen molar-refractivity contribution in [2.24, 2.45) is 5.92 Å². The normalized spacial score (nSPS) is 25.0. The van der Waals surface area contributed by atoms with E-state index in [1.807, 2.05) is 0 Å². The van der Waals surface area contributed by atoms with Crippen molar-refractivity contribution in [2.75, 3.05) is 0 Å². The van der Waals surface area contributed by atoms with Gasteiger partial charge in [0, 0.05) is 10.5 Å². The molecule has 0 aliphatic heterocycles. The fourth-order valence-electron chi connectivity index (χ4n) is 2.37. The zero-order valence-corrected chi connectivity index (χ0v) is 12.8. The van der Waals surface area contributed by atoms with Crippen LogP contribution in [0.3, 0.4) is 0 Å². The summed E-state index contributed by atoms with van der Waals surface area (Å²) in [6.45, 7) is 2.12. The Labute approximate surface area is 117 Å². The molecule has 1 N–H and O–H groups in total. The van der Waals surface area contributed by atoms with E-state index in [1.165, 1.54) is 6.42 Å². The standard InChI is InChI=1S/C13H18BrNO2S/c1-10-4-2-3-5-13(10)15-18(16,17)12-8-6-11(14)7-9-12/h6-10,13,15H,2-5H2,1H3/t10-,13-/m0/s1. The molecule has 1 fully saturated rings. The van der Waals surface area contributed by atoms with E-state index in [4.69, 9.17) is 0 Å². The summed E-state index contributed by atoms with van der Waals surface area (Å²) in [6, 6.07) is 6.82. The zero-order chi connectivity index (χ0) is 13.2. The number of nitrogens with one attached hydrogen (secondary N) is 1. The van der Waals surface area contributed by atoms with Gasteiger partial charge in [0.25, 0.3) is 0 Å². The monoisotopic (exact) mass is 331 g/mol. The topological polar surface area (TPSA) is 46.2 Å². The van der Waals surface area contributed by atoms with Crippen LogP contribution in [0.2, 0.25) is 0 Å². The van der Waals surface area contributed by atoms with Crippen LogP contribution < -0.4 is 4.72 Å². The SMILES string of the molecule is C[C@H]1CCCC[C@@H]1NS(=O)(=O)c1ccc(Br)cc1. The van der Waals surface area contributed by atoms with Gasteiger partial charge in [-0.2, -0.15) is 0 Å². The third-order valence-corrected chi connectivity index (χ3v) is 5.58. The largest absolute Gasteiger partial charge is 0.240 e. The highest BCUT2D eigenvalue weighted by molar-refractivity contribution is 9.10. The minimum Gasteiger partial charge on any atom is -0.208 e. The quantitative estimate of drug-likeness (QED) is 0.923. The van der Waals surface area contributed by atoms with Crippen LogP contribution >= 0.6 is 15.9 Å². The average Bonchev–Trinajstić information content (AvgIpc) is 2.32. The predicted octanol–water partition coefficient (Wildman–Crippen LogP) is 3.31. The number of halogens is 1. The summed E-state index contributed by atoms with van der Waals surface area (Å²) in [4.78, 5) is 0.337. The van der Waals surface area contributed by atoms with Gasteiger partial charge in [-0.05, 0) is 43.0 Å². The Morgan fingerprint density at radius 2 is 1.78 bits per heavy atom. The number of benzene rings is 1. The van der Waals surface area contributed by atoms with Gasteiger partial charge < -0.3 is 0 Å². The van der Waals surface area contributed by atoms with E-state index < -0.39 is 10.0 Å². The van der Waals surface area contributed by atoms with Crippen molar-refractivity contribution < 1.29 is 8.42 Å². The van der Waals surface area contributed by atoms with Crippen LogP contribution in [0.4, 0.5) is 0 Å². The molecule has 1 aromatic carbocycles. The first-order chi connectivity index (χ1) is 8.49. The van der Waals surface area contributed by atoms with Gasteiger partial charge >= 0.3 is 0 Å². The summed E-state index contributed by atoms with van der Waals surface area (Å²) in [5.74, 6) is 0.420. The summed E-state index contributed by atoms with van der Waals surface area (Å²) in [5, 5.41) is 0. The molecular formula is C13H18BrNO2S. The maximum Gasteiger partial charge on any atom is 0.240 e. The van der Waals surface area contributed by atoms with Gasteiger partial charge in [-0.1, -0.05) is 35.7 Å². The van der Waals surface area contributed by atoms with E-state index >= 15 is 0 Å². The average molecular weight is 332 g/mol. The molecule has 0 unspecified atom stereocenters. The first-order valence-electron chi connectivity index (χ1n) is 6.27. The lowest BCUT2D eigenvalue weighted by atomic mass is 9.87. The highest BCUT2D eigenvalue weighted by Gasteiger charge is 2.26. The van der Waals surface area contributed by atoms with Crippen molar-refractivity contribution in [1.29, 1.82) is 0 Å². The Hall–Kier alpha value is -0.390. The van der Waals surface area contributed by atoms with Crippen molar-refractivity contribution in [3.63, 3.8) is 0 Å². The molecule has 0 aromatic heterocycles. The second-order valence-electron chi connectivity index (χ2n) is 4.94. The molecule has 0 bridgehead atoms. The van der Waals surface area contributed by atoms with Crippen molar-refractivity contribution in [3.05, 3.63) is 28.7 Å². The lowest BCUT2D eigenvalue weighted by Gasteiger charge is -2.29. The third-order valence-electron chi connectivity index (χ3n) is 3.54. The molecule has 1 aliphatic rings. The maximum absolute atomic E-state index is 12.2. The second-order valence-corrected chi connectivity index (χ2v) is 7.57. The minimum absolute atomic E-state index is 0.0763. The highest BCUT2D eigenvalue weighted by Crippen LogP contribution is 2.25. The highest BCUT2D eigenvalue weighted by atomic mass is 79.9. The smallest absolute Gasteiger partial charge is 0.208 e. The number of rotatable bonds is 3. The van der Waals surface area contributed by atoms with Crippen molar-refractivity contribution in [1.82, 2.24) is 4.72 Å². The van der Waals surface area contributed by atoms with E-state index in [0.717, 1.165) is 23.7 Å². The Morgan fingerprint density at radius 3 is 2.39 bits per heavy atom. The van der Waals surface area contributed by atoms with Crippen molar-refractivity contribution in [2.45, 2.75) is 43.5 Å². The zero-order valence-electron chi connectivity index (χ0n) is 10.4. The van der Waals surface area contributed by atoms with Gasteiger partial charge in [0.15, 0.2) is 0 Å². The lowest BCUT2D eigenvalue weighted by molar-refractivity contribution is 0.310. The molecule has 2 atom stereocenters. The molecule has 2 rings (SSSR count). The lowest BCUT2D eigenvalue weighted by Crippen LogP contribution is -2.40. The summed E-state index contributed by atoms with van der Waals surface area (Å²) in [7, 11) is -3.38. The number of hydrogen-bond donors (Lipinski definition) is 1. The number of sulfonamides is 1. The summed E-state index contributed by atoms with van der Waals surface area (Å²) in [5.41, 5.74) is 0. The van der Waals surface area contributed by atoms with Crippen molar-refractivity contribution >= 4 is 26.0 Å². The molecule has 0 radical (unpaired) electrons. The van der Waals surface area contributed by atoms with E-state index in [-0.39, 0.29) is 6.04 Å². The van der Waals surface area contributed by atoms with E-state index in [0.29, 0.717) is 10.8 Å². The summed E-state index contributed by atoms with van der Waals surface area (Å²) >= 11 is 3.31. The first kappa shape index (κ1) is 14.0. The molecule has 3 nitrogen and oxygen atoms in total. The van der Waals surface area contributed by atoms with Gasteiger partial charge in [0.2, 0.25) is 10.0 Å². The van der Waals surface area contributed by atoms with Crippen LogP contribution in [0.15, 0.2) is 33.6 Å². The Morgan fingerprint density at radius 1 is 1.17 bits per heavy atom. The van der Waals surface area contributed by atoms with Crippen LogP contribution in [0.25, 0.3) is 0 Å². The van der Waals surface area contributed by atoms with Gasteiger partial charge in [-0.15, -0.1) is 0 Å².